The van der Waals surface area contributed by atoms with Crippen molar-refractivity contribution in [1.29, 1.82) is 0 Å². The van der Waals surface area contributed by atoms with Crippen molar-refractivity contribution in [2.75, 3.05) is 7.11 Å². The summed E-state index contributed by atoms with van der Waals surface area (Å²) in [5.41, 5.74) is 4.53. The van der Waals surface area contributed by atoms with E-state index in [9.17, 15) is 9.59 Å². The number of amides is 1. The largest absolute Gasteiger partial charge is 0.493 e. The Bertz CT molecular complexity index is 1080. The van der Waals surface area contributed by atoms with E-state index in [1.165, 1.54) is 13.3 Å². The fraction of sp³-hybridized carbons (Fsp3) is 0.100. The van der Waals surface area contributed by atoms with Crippen molar-refractivity contribution in [2.45, 2.75) is 6.92 Å². The van der Waals surface area contributed by atoms with Crippen molar-refractivity contribution in [1.82, 2.24) is 15.6 Å². The van der Waals surface area contributed by atoms with Crippen LogP contribution in [-0.2, 0) is 0 Å². The second kappa shape index (κ2) is 9.32. The second-order valence-corrected chi connectivity index (χ2v) is 7.08. The molecule has 0 radical (unpaired) electrons. The monoisotopic (exact) mass is 504 g/mol. The van der Waals surface area contributed by atoms with E-state index in [0.717, 1.165) is 9.26 Å². The van der Waals surface area contributed by atoms with E-state index in [0.29, 0.717) is 16.9 Å². The third-order valence-electron chi connectivity index (χ3n) is 3.80. The average Bonchev–Trinajstić information content (AvgIpc) is 3.15. The minimum atomic E-state index is -0.476. The van der Waals surface area contributed by atoms with Gasteiger partial charge in [-0.25, -0.2) is 10.2 Å². The van der Waals surface area contributed by atoms with Crippen LogP contribution in [0.4, 0.5) is 0 Å². The van der Waals surface area contributed by atoms with Crippen molar-refractivity contribution < 1.29 is 19.1 Å². The lowest BCUT2D eigenvalue weighted by molar-refractivity contribution is 0.0728. The maximum Gasteiger partial charge on any atom is 0.344 e. The zero-order chi connectivity index (χ0) is 20.8. The quantitative estimate of drug-likeness (QED) is 0.176. The van der Waals surface area contributed by atoms with Crippen LogP contribution in [0, 0.1) is 10.5 Å². The number of esters is 1. The van der Waals surface area contributed by atoms with Crippen LogP contribution in [0.5, 0.6) is 11.5 Å². The van der Waals surface area contributed by atoms with E-state index in [1.807, 2.05) is 12.1 Å². The van der Waals surface area contributed by atoms with E-state index < -0.39 is 11.9 Å². The van der Waals surface area contributed by atoms with Crippen LogP contribution in [0.1, 0.15) is 32.1 Å². The first-order chi connectivity index (χ1) is 14.0. The average molecular weight is 504 g/mol. The Morgan fingerprint density at radius 1 is 1.17 bits per heavy atom. The first-order valence-electron chi connectivity index (χ1n) is 8.48. The number of carbonyl (C=O) groups excluding carboxylic acids is 2. The number of aromatic nitrogens is 2. The Balaban J connectivity index is 1.69. The van der Waals surface area contributed by atoms with Crippen LogP contribution in [0.15, 0.2) is 53.6 Å². The van der Waals surface area contributed by atoms with Gasteiger partial charge in [0.25, 0.3) is 5.91 Å². The number of aryl methyl sites for hydroxylation is 1. The highest BCUT2D eigenvalue weighted by Gasteiger charge is 2.15. The van der Waals surface area contributed by atoms with Gasteiger partial charge in [0.05, 0.1) is 18.9 Å². The zero-order valence-electron chi connectivity index (χ0n) is 15.6. The lowest BCUT2D eigenvalue weighted by Crippen LogP contribution is -2.18. The number of benzene rings is 2. The summed E-state index contributed by atoms with van der Waals surface area (Å²) < 4.78 is 11.6. The Kier molecular flexibility index (Phi) is 6.60. The second-order valence-electron chi connectivity index (χ2n) is 5.91. The molecule has 0 aliphatic carbocycles. The summed E-state index contributed by atoms with van der Waals surface area (Å²) in [6, 6.07) is 13.7. The summed E-state index contributed by atoms with van der Waals surface area (Å²) in [5.74, 6) is -0.260. The predicted molar refractivity (Wildman–Crippen MR) is 115 cm³/mol. The molecule has 148 valence electrons. The van der Waals surface area contributed by atoms with Gasteiger partial charge in [0.15, 0.2) is 17.2 Å². The molecule has 0 atom stereocenters. The number of methoxy groups -OCH3 is 1. The summed E-state index contributed by atoms with van der Waals surface area (Å²) >= 11 is 2.08. The van der Waals surface area contributed by atoms with E-state index in [2.05, 4.69) is 43.3 Å². The number of hydrogen-bond donors (Lipinski definition) is 2. The minimum Gasteiger partial charge on any atom is -0.493 e. The van der Waals surface area contributed by atoms with Gasteiger partial charge < -0.3 is 9.47 Å². The normalized spacial score (nSPS) is 10.7. The van der Waals surface area contributed by atoms with Crippen LogP contribution in [0.2, 0.25) is 0 Å². The van der Waals surface area contributed by atoms with E-state index >= 15 is 0 Å². The van der Waals surface area contributed by atoms with Gasteiger partial charge >= 0.3 is 5.97 Å². The maximum atomic E-state index is 12.4. The molecule has 1 heterocycles. The highest BCUT2D eigenvalue weighted by molar-refractivity contribution is 14.1. The molecule has 0 aliphatic rings. The molecule has 0 aliphatic heterocycles. The molecular formula is C20H17IN4O4. The molecule has 2 aromatic carbocycles. The number of hydrogen-bond acceptors (Lipinski definition) is 6. The molecule has 0 fully saturated rings. The number of hydrazone groups is 1. The van der Waals surface area contributed by atoms with Gasteiger partial charge in [0, 0.05) is 9.26 Å². The molecule has 0 unspecified atom stereocenters. The maximum absolute atomic E-state index is 12.4. The number of rotatable bonds is 6. The Morgan fingerprint density at radius 2 is 1.97 bits per heavy atom. The topological polar surface area (TPSA) is 106 Å². The molecule has 3 rings (SSSR count). The minimum absolute atomic E-state index is 0.245. The summed E-state index contributed by atoms with van der Waals surface area (Å²) in [6.07, 6.45) is 1.45. The van der Waals surface area contributed by atoms with Crippen molar-refractivity contribution >= 4 is 40.7 Å². The Hall–Kier alpha value is -3.21. The molecule has 0 spiro atoms. The SMILES string of the molecule is COc1cc(/C=N/NC(=O)c2cc(C)[nH]n2)ccc1OC(=O)c1ccccc1I. The number of H-pyrrole nitrogens is 1. The molecule has 29 heavy (non-hydrogen) atoms. The van der Waals surface area contributed by atoms with Crippen molar-refractivity contribution in [3.63, 3.8) is 0 Å². The van der Waals surface area contributed by atoms with Crippen LogP contribution in [0.3, 0.4) is 0 Å². The first kappa shape index (κ1) is 20.5. The smallest absolute Gasteiger partial charge is 0.344 e. The predicted octanol–water partition coefficient (Wildman–Crippen LogP) is 3.31. The molecule has 0 saturated carbocycles. The summed E-state index contributed by atoms with van der Waals surface area (Å²) in [5, 5.41) is 10.5. The van der Waals surface area contributed by atoms with Gasteiger partial charge in [0.2, 0.25) is 0 Å². The number of nitrogens with one attached hydrogen (secondary N) is 2. The fourth-order valence-electron chi connectivity index (χ4n) is 2.39. The van der Waals surface area contributed by atoms with Gasteiger partial charge in [-0.15, -0.1) is 0 Å². The lowest BCUT2D eigenvalue weighted by atomic mass is 10.2. The molecule has 8 nitrogen and oxygen atoms in total. The van der Waals surface area contributed by atoms with Crippen LogP contribution in [-0.4, -0.2) is 35.4 Å². The molecule has 0 bridgehead atoms. The number of nitrogens with zero attached hydrogens (tertiary/aromatic N) is 2. The Morgan fingerprint density at radius 3 is 2.66 bits per heavy atom. The van der Waals surface area contributed by atoms with Gasteiger partial charge in [-0.2, -0.15) is 10.2 Å². The van der Waals surface area contributed by atoms with Crippen LogP contribution in [0.25, 0.3) is 0 Å². The third kappa shape index (κ3) is 5.19. The molecule has 1 aromatic heterocycles. The van der Waals surface area contributed by atoms with E-state index in [4.69, 9.17) is 9.47 Å². The summed E-state index contributed by atoms with van der Waals surface area (Å²) in [6.45, 7) is 1.80. The standard InChI is InChI=1S/C20H17IN4O4/c1-12-9-16(24-23-12)19(26)25-22-11-13-7-8-17(18(10-13)28-2)29-20(27)14-5-3-4-6-15(14)21/h3-11H,1-2H3,(H,23,24)(H,25,26)/b22-11+. The molecule has 9 heteroatoms. The molecular weight excluding hydrogens is 487 g/mol. The first-order valence-corrected chi connectivity index (χ1v) is 9.56. The Labute approximate surface area is 180 Å². The fourth-order valence-corrected chi connectivity index (χ4v) is 3.00. The van der Waals surface area contributed by atoms with E-state index in [1.54, 1.807) is 43.3 Å². The highest BCUT2D eigenvalue weighted by Crippen LogP contribution is 2.28. The van der Waals surface area contributed by atoms with Crippen molar-refractivity contribution in [2.24, 2.45) is 5.10 Å². The number of aromatic amines is 1. The molecule has 3 aromatic rings. The molecule has 0 saturated heterocycles. The summed E-state index contributed by atoms with van der Waals surface area (Å²) in [7, 11) is 1.47. The van der Waals surface area contributed by atoms with Crippen LogP contribution >= 0.6 is 22.6 Å². The molecule has 1 amide bonds. The van der Waals surface area contributed by atoms with Crippen LogP contribution < -0.4 is 14.9 Å². The summed E-state index contributed by atoms with van der Waals surface area (Å²) in [4.78, 5) is 24.3. The van der Waals surface area contributed by atoms with Crippen molar-refractivity contribution in [3.8, 4) is 11.5 Å². The zero-order valence-corrected chi connectivity index (χ0v) is 17.8. The molecule has 2 N–H and O–H groups in total. The van der Waals surface area contributed by atoms with Gasteiger partial charge in [-0.3, -0.25) is 9.89 Å². The van der Waals surface area contributed by atoms with Gasteiger partial charge in [0.1, 0.15) is 0 Å². The number of carbonyl (C=O) groups is 2. The van der Waals surface area contributed by atoms with Gasteiger partial charge in [-0.1, -0.05) is 12.1 Å². The van der Waals surface area contributed by atoms with E-state index in [-0.39, 0.29) is 11.4 Å². The highest BCUT2D eigenvalue weighted by atomic mass is 127. The third-order valence-corrected chi connectivity index (χ3v) is 4.74. The number of halogens is 1. The number of ether oxygens (including phenoxy) is 2. The lowest BCUT2D eigenvalue weighted by Gasteiger charge is -2.10. The van der Waals surface area contributed by atoms with Crippen molar-refractivity contribution in [3.05, 3.63) is 74.6 Å². The van der Waals surface area contributed by atoms with Gasteiger partial charge in [-0.05, 0) is 71.5 Å².